The number of carbonyl (C=O) groups excluding carboxylic acids is 2. The third kappa shape index (κ3) is 3.26. The van der Waals surface area contributed by atoms with Crippen molar-refractivity contribution in [1.29, 1.82) is 0 Å². The minimum Gasteiger partial charge on any atom is -0.391 e. The van der Waals surface area contributed by atoms with E-state index < -0.39 is 6.10 Å². The summed E-state index contributed by atoms with van der Waals surface area (Å²) < 4.78 is 0. The molecule has 2 rings (SSSR count). The van der Waals surface area contributed by atoms with Crippen LogP contribution in [0.3, 0.4) is 0 Å². The van der Waals surface area contributed by atoms with Crippen molar-refractivity contribution in [3.8, 4) is 0 Å². The molecule has 0 aliphatic carbocycles. The Morgan fingerprint density at radius 3 is 2.47 bits per heavy atom. The van der Waals surface area contributed by atoms with E-state index in [4.69, 9.17) is 0 Å². The van der Waals surface area contributed by atoms with Crippen molar-refractivity contribution in [2.24, 2.45) is 11.8 Å². The molecule has 0 aromatic carbocycles. The fourth-order valence-corrected chi connectivity index (χ4v) is 2.97. The number of amides is 2. The molecule has 2 amide bonds. The van der Waals surface area contributed by atoms with Crippen LogP contribution in [0.4, 0.5) is 0 Å². The molecule has 2 heterocycles. The third-order valence-electron chi connectivity index (χ3n) is 4.45. The maximum atomic E-state index is 12.5. The maximum Gasteiger partial charge on any atom is 0.227 e. The SMILES string of the molecule is CC(=O)N1CCCC(C(=O)N2CCC(C)C(O)C2)C1. The van der Waals surface area contributed by atoms with Crippen LogP contribution in [-0.4, -0.2) is 59.0 Å². The molecule has 0 aromatic heterocycles. The van der Waals surface area contributed by atoms with E-state index in [-0.39, 0.29) is 23.7 Å². The molecule has 5 nitrogen and oxygen atoms in total. The lowest BCUT2D eigenvalue weighted by Gasteiger charge is -2.38. The molecule has 5 heteroatoms. The molecule has 108 valence electrons. The Morgan fingerprint density at radius 2 is 1.84 bits per heavy atom. The number of hydrogen-bond donors (Lipinski definition) is 1. The molecular formula is C14H24N2O3. The summed E-state index contributed by atoms with van der Waals surface area (Å²) in [5.74, 6) is 0.337. The van der Waals surface area contributed by atoms with Crippen LogP contribution in [-0.2, 0) is 9.59 Å². The van der Waals surface area contributed by atoms with Crippen molar-refractivity contribution in [2.75, 3.05) is 26.2 Å². The summed E-state index contributed by atoms with van der Waals surface area (Å²) in [6, 6.07) is 0. The average Bonchev–Trinajstić information content (AvgIpc) is 2.41. The molecule has 2 fully saturated rings. The Kier molecular flexibility index (Phi) is 4.45. The molecular weight excluding hydrogens is 244 g/mol. The first-order valence-electron chi connectivity index (χ1n) is 7.21. The fraction of sp³-hybridized carbons (Fsp3) is 0.857. The van der Waals surface area contributed by atoms with Gasteiger partial charge < -0.3 is 14.9 Å². The Balaban J connectivity index is 1.94. The van der Waals surface area contributed by atoms with Crippen molar-refractivity contribution in [3.05, 3.63) is 0 Å². The first kappa shape index (κ1) is 14.3. The van der Waals surface area contributed by atoms with Gasteiger partial charge in [-0.2, -0.15) is 0 Å². The lowest BCUT2D eigenvalue weighted by Crippen LogP contribution is -2.51. The van der Waals surface area contributed by atoms with Crippen LogP contribution in [0.25, 0.3) is 0 Å². The second kappa shape index (κ2) is 5.90. The lowest BCUT2D eigenvalue weighted by molar-refractivity contribution is -0.143. The van der Waals surface area contributed by atoms with E-state index in [2.05, 4.69) is 0 Å². The van der Waals surface area contributed by atoms with Crippen LogP contribution in [0.1, 0.15) is 33.1 Å². The minimum atomic E-state index is -0.412. The predicted molar refractivity (Wildman–Crippen MR) is 71.3 cm³/mol. The van der Waals surface area contributed by atoms with Crippen LogP contribution in [0.15, 0.2) is 0 Å². The van der Waals surface area contributed by atoms with Gasteiger partial charge in [0, 0.05) is 33.1 Å². The van der Waals surface area contributed by atoms with Crippen LogP contribution in [0.5, 0.6) is 0 Å². The number of carbonyl (C=O) groups is 2. The zero-order valence-corrected chi connectivity index (χ0v) is 11.8. The second-order valence-corrected chi connectivity index (χ2v) is 5.92. The van der Waals surface area contributed by atoms with Gasteiger partial charge in [-0.15, -0.1) is 0 Å². The van der Waals surface area contributed by atoms with E-state index in [0.29, 0.717) is 13.1 Å². The number of nitrogens with zero attached hydrogens (tertiary/aromatic N) is 2. The highest BCUT2D eigenvalue weighted by molar-refractivity contribution is 5.81. The molecule has 2 saturated heterocycles. The van der Waals surface area contributed by atoms with Crippen molar-refractivity contribution in [3.63, 3.8) is 0 Å². The number of β-amino-alcohol motifs (C(OH)–C–C–N with tert-alkyl or cyclic N) is 1. The van der Waals surface area contributed by atoms with Crippen molar-refractivity contribution >= 4 is 11.8 Å². The Labute approximate surface area is 114 Å². The highest BCUT2D eigenvalue weighted by atomic mass is 16.3. The molecule has 0 bridgehead atoms. The molecule has 3 atom stereocenters. The van der Waals surface area contributed by atoms with Gasteiger partial charge in [-0.3, -0.25) is 9.59 Å². The average molecular weight is 268 g/mol. The molecule has 2 aliphatic rings. The molecule has 2 aliphatic heterocycles. The number of aliphatic hydroxyl groups excluding tert-OH is 1. The molecule has 0 aromatic rings. The van der Waals surface area contributed by atoms with Crippen LogP contribution in [0, 0.1) is 11.8 Å². The van der Waals surface area contributed by atoms with Crippen molar-refractivity contribution in [1.82, 2.24) is 9.80 Å². The first-order chi connectivity index (χ1) is 8.99. The van der Waals surface area contributed by atoms with Crippen LogP contribution in [0.2, 0.25) is 0 Å². The Bertz CT molecular complexity index is 359. The van der Waals surface area contributed by atoms with Crippen LogP contribution >= 0.6 is 0 Å². The minimum absolute atomic E-state index is 0.0461. The smallest absolute Gasteiger partial charge is 0.227 e. The van der Waals surface area contributed by atoms with Gasteiger partial charge >= 0.3 is 0 Å². The van der Waals surface area contributed by atoms with Crippen LogP contribution < -0.4 is 0 Å². The van der Waals surface area contributed by atoms with Crippen molar-refractivity contribution in [2.45, 2.75) is 39.2 Å². The largest absolute Gasteiger partial charge is 0.391 e. The summed E-state index contributed by atoms with van der Waals surface area (Å²) in [7, 11) is 0. The molecule has 0 radical (unpaired) electrons. The Hall–Kier alpha value is -1.10. The van der Waals surface area contributed by atoms with E-state index in [9.17, 15) is 14.7 Å². The third-order valence-corrected chi connectivity index (χ3v) is 4.45. The number of aliphatic hydroxyl groups is 1. The van der Waals surface area contributed by atoms with E-state index >= 15 is 0 Å². The Morgan fingerprint density at radius 1 is 1.11 bits per heavy atom. The lowest BCUT2D eigenvalue weighted by atomic mass is 9.92. The summed E-state index contributed by atoms with van der Waals surface area (Å²) in [5, 5.41) is 9.88. The van der Waals surface area contributed by atoms with E-state index in [1.807, 2.05) is 6.92 Å². The number of piperidine rings is 2. The van der Waals surface area contributed by atoms with E-state index in [1.165, 1.54) is 0 Å². The van der Waals surface area contributed by atoms with Gasteiger partial charge in [0.15, 0.2) is 0 Å². The second-order valence-electron chi connectivity index (χ2n) is 5.92. The highest BCUT2D eigenvalue weighted by Crippen LogP contribution is 2.23. The van der Waals surface area contributed by atoms with Gasteiger partial charge in [0.25, 0.3) is 0 Å². The topological polar surface area (TPSA) is 60.9 Å². The number of hydrogen-bond acceptors (Lipinski definition) is 3. The first-order valence-corrected chi connectivity index (χ1v) is 7.21. The number of rotatable bonds is 1. The standard InChI is InChI=1S/C14H24N2O3/c1-10-5-7-16(9-13(10)18)14(19)12-4-3-6-15(8-12)11(2)17/h10,12-13,18H,3-9H2,1-2H3. The molecule has 0 saturated carbocycles. The highest BCUT2D eigenvalue weighted by Gasteiger charge is 2.33. The molecule has 0 spiro atoms. The van der Waals surface area contributed by atoms with Gasteiger partial charge in [0.2, 0.25) is 11.8 Å². The monoisotopic (exact) mass is 268 g/mol. The van der Waals surface area contributed by atoms with Gasteiger partial charge in [0.1, 0.15) is 0 Å². The van der Waals surface area contributed by atoms with Gasteiger partial charge in [0.05, 0.1) is 12.0 Å². The summed E-state index contributed by atoms with van der Waals surface area (Å²) in [6.45, 7) is 6.04. The zero-order chi connectivity index (χ0) is 14.0. The zero-order valence-electron chi connectivity index (χ0n) is 11.8. The van der Waals surface area contributed by atoms with E-state index in [1.54, 1.807) is 16.7 Å². The van der Waals surface area contributed by atoms with Gasteiger partial charge in [-0.25, -0.2) is 0 Å². The van der Waals surface area contributed by atoms with E-state index in [0.717, 1.165) is 32.4 Å². The molecule has 3 unspecified atom stereocenters. The summed E-state index contributed by atoms with van der Waals surface area (Å²) in [4.78, 5) is 27.4. The molecule has 1 N–H and O–H groups in total. The van der Waals surface area contributed by atoms with Crippen molar-refractivity contribution < 1.29 is 14.7 Å². The molecule has 19 heavy (non-hydrogen) atoms. The number of likely N-dealkylation sites (tertiary alicyclic amines) is 2. The van der Waals surface area contributed by atoms with Gasteiger partial charge in [-0.1, -0.05) is 6.92 Å². The summed E-state index contributed by atoms with van der Waals surface area (Å²) in [5.41, 5.74) is 0. The normalized spacial score (nSPS) is 32.3. The predicted octanol–water partition coefficient (Wildman–Crippen LogP) is 0.474. The summed E-state index contributed by atoms with van der Waals surface area (Å²) in [6.07, 6.45) is 2.19. The maximum absolute atomic E-state index is 12.5. The van der Waals surface area contributed by atoms with Gasteiger partial charge in [-0.05, 0) is 25.2 Å². The quantitative estimate of drug-likeness (QED) is 0.752. The fourth-order valence-electron chi connectivity index (χ4n) is 2.97. The summed E-state index contributed by atoms with van der Waals surface area (Å²) >= 11 is 0.